The summed E-state index contributed by atoms with van der Waals surface area (Å²) in [5.74, 6) is 0. The maximum atomic E-state index is 4.67. The molecule has 1 aliphatic heterocycles. The fraction of sp³-hybridized carbons (Fsp3) is 0.333. The minimum atomic E-state index is 0.731. The summed E-state index contributed by atoms with van der Waals surface area (Å²) in [5.41, 5.74) is 2.58. The van der Waals surface area contributed by atoms with Gasteiger partial charge in [-0.15, -0.1) is 5.10 Å². The molecule has 1 aliphatic rings. The van der Waals surface area contributed by atoms with Crippen molar-refractivity contribution >= 4 is 6.40 Å². The Balaban J connectivity index is 2.32. The summed E-state index contributed by atoms with van der Waals surface area (Å²) in [6.45, 7) is 1.80. The van der Waals surface area contributed by atoms with Gasteiger partial charge in [-0.3, -0.25) is 5.43 Å². The molecule has 0 unspecified atom stereocenters. The minimum absolute atomic E-state index is 0.731. The van der Waals surface area contributed by atoms with Crippen LogP contribution in [0.5, 0.6) is 0 Å². The molecule has 6 heavy (non-hydrogen) atoms. The molecular formula is C3H5N2O. The van der Waals surface area contributed by atoms with Gasteiger partial charge in [0.05, 0.1) is 0 Å². The van der Waals surface area contributed by atoms with Crippen molar-refractivity contribution < 1.29 is 4.74 Å². The van der Waals surface area contributed by atoms with E-state index in [2.05, 4.69) is 15.3 Å². The number of ether oxygens (including phenoxy) is 1. The maximum Gasteiger partial charge on any atom is 0.253 e. The lowest BCUT2D eigenvalue weighted by Crippen LogP contribution is -2.04. The van der Waals surface area contributed by atoms with Gasteiger partial charge in [0.25, 0.3) is 6.23 Å². The van der Waals surface area contributed by atoms with Crippen molar-refractivity contribution in [3.8, 4) is 0 Å². The van der Waals surface area contributed by atoms with Crippen LogP contribution >= 0.6 is 0 Å². The van der Waals surface area contributed by atoms with Crippen molar-refractivity contribution in [1.82, 2.24) is 5.43 Å². The third-order valence-electron chi connectivity index (χ3n) is 0.504. The highest BCUT2D eigenvalue weighted by atomic mass is 16.5. The zero-order chi connectivity index (χ0) is 4.41. The summed E-state index contributed by atoms with van der Waals surface area (Å²) in [5, 5.41) is 3.53. The Kier molecular flexibility index (Phi) is 0.670. The number of nitrogens with one attached hydrogen (secondary N) is 1. The molecule has 1 rings (SSSR count). The van der Waals surface area contributed by atoms with E-state index in [-0.39, 0.29) is 0 Å². The van der Waals surface area contributed by atoms with Crippen molar-refractivity contribution in [1.29, 1.82) is 0 Å². The molecule has 0 saturated carbocycles. The average Bonchev–Trinajstić information content (AvgIpc) is 1.86. The van der Waals surface area contributed by atoms with Crippen LogP contribution in [0.4, 0.5) is 0 Å². The average molecular weight is 85.1 g/mol. The lowest BCUT2D eigenvalue weighted by atomic mass is 10.7. The van der Waals surface area contributed by atoms with Gasteiger partial charge in [0.2, 0.25) is 0 Å². The topological polar surface area (TPSA) is 33.6 Å². The Bertz CT molecular complexity index is 63.2. The summed E-state index contributed by atoms with van der Waals surface area (Å²) in [6.07, 6.45) is 2.09. The lowest BCUT2D eigenvalue weighted by molar-refractivity contribution is 0.333. The molecule has 0 atom stereocenters. The first-order chi connectivity index (χ1) is 2.89. The van der Waals surface area contributed by atoms with Crippen molar-refractivity contribution in [3.63, 3.8) is 0 Å². The van der Waals surface area contributed by atoms with E-state index in [0.717, 1.165) is 6.23 Å². The second-order valence-electron chi connectivity index (χ2n) is 1.02. The molecule has 0 amide bonds. The molecule has 0 saturated heterocycles. The fourth-order valence-electron chi connectivity index (χ4n) is 0.249. The zero-order valence-corrected chi connectivity index (χ0v) is 3.43. The quantitative estimate of drug-likeness (QED) is 0.451. The Labute approximate surface area is 36.0 Å². The van der Waals surface area contributed by atoms with Gasteiger partial charge >= 0.3 is 0 Å². The largest absolute Gasteiger partial charge is 0.448 e. The predicted molar refractivity (Wildman–Crippen MR) is 21.6 cm³/mol. The van der Waals surface area contributed by atoms with Crippen LogP contribution in [0.1, 0.15) is 6.92 Å². The monoisotopic (exact) mass is 85.0 g/mol. The third kappa shape index (κ3) is 0.429. The van der Waals surface area contributed by atoms with E-state index in [0.29, 0.717) is 0 Å². The highest BCUT2D eigenvalue weighted by molar-refractivity contribution is 5.49. The van der Waals surface area contributed by atoms with E-state index < -0.39 is 0 Å². The Morgan fingerprint density at radius 1 is 2.00 bits per heavy atom. The van der Waals surface area contributed by atoms with Crippen molar-refractivity contribution in [2.45, 2.75) is 6.92 Å². The Hall–Kier alpha value is -0.730. The molecule has 3 heteroatoms. The second-order valence-corrected chi connectivity index (χ2v) is 1.02. The SMILES string of the molecule is C[C]1NN=CO1. The molecule has 0 fully saturated rings. The zero-order valence-electron chi connectivity index (χ0n) is 3.43. The number of hydrogen-bond acceptors (Lipinski definition) is 3. The molecule has 0 spiro atoms. The van der Waals surface area contributed by atoms with Gasteiger partial charge in [-0.25, -0.2) is 0 Å². The van der Waals surface area contributed by atoms with Crippen LogP contribution in [0.2, 0.25) is 0 Å². The molecule has 3 nitrogen and oxygen atoms in total. The van der Waals surface area contributed by atoms with Gasteiger partial charge < -0.3 is 4.74 Å². The molecule has 1 N–H and O–H groups in total. The van der Waals surface area contributed by atoms with Gasteiger partial charge in [0.1, 0.15) is 0 Å². The van der Waals surface area contributed by atoms with E-state index in [1.165, 1.54) is 6.40 Å². The summed E-state index contributed by atoms with van der Waals surface area (Å²) < 4.78 is 4.67. The van der Waals surface area contributed by atoms with Crippen LogP contribution in [0.25, 0.3) is 0 Å². The molecule has 0 aromatic carbocycles. The summed E-state index contributed by atoms with van der Waals surface area (Å²) in [6, 6.07) is 0. The Morgan fingerprint density at radius 2 is 2.83 bits per heavy atom. The standard InChI is InChI=1S/C3H5N2O/c1-3-5-4-2-6-3/h2,5H,1H3. The van der Waals surface area contributed by atoms with Crippen molar-refractivity contribution in [3.05, 3.63) is 6.23 Å². The summed E-state index contributed by atoms with van der Waals surface area (Å²) >= 11 is 0. The second kappa shape index (κ2) is 1.16. The molecule has 1 radical (unpaired) electrons. The van der Waals surface area contributed by atoms with Crippen LogP contribution < -0.4 is 5.43 Å². The molecule has 33 valence electrons. The highest BCUT2D eigenvalue weighted by Crippen LogP contribution is 1.95. The smallest absolute Gasteiger partial charge is 0.253 e. The first kappa shape index (κ1) is 3.46. The van der Waals surface area contributed by atoms with Crippen LogP contribution in [0, 0.1) is 6.23 Å². The predicted octanol–water partition coefficient (Wildman–Crippen LogP) is 0.0589. The first-order valence-corrected chi connectivity index (χ1v) is 1.67. The van der Waals surface area contributed by atoms with E-state index >= 15 is 0 Å². The number of hydrazone groups is 1. The van der Waals surface area contributed by atoms with E-state index in [4.69, 9.17) is 0 Å². The third-order valence-corrected chi connectivity index (χ3v) is 0.504. The van der Waals surface area contributed by atoms with E-state index in [1.54, 1.807) is 6.92 Å². The van der Waals surface area contributed by atoms with Crippen molar-refractivity contribution in [2.24, 2.45) is 5.10 Å². The molecule has 0 aromatic rings. The molecular weight excluding hydrogens is 80.0 g/mol. The van der Waals surface area contributed by atoms with E-state index in [9.17, 15) is 0 Å². The van der Waals surface area contributed by atoms with Crippen LogP contribution in [0.15, 0.2) is 5.10 Å². The summed E-state index contributed by atoms with van der Waals surface area (Å²) in [7, 11) is 0. The fourth-order valence-corrected chi connectivity index (χ4v) is 0.249. The lowest BCUT2D eigenvalue weighted by Gasteiger charge is -1.93. The van der Waals surface area contributed by atoms with Gasteiger partial charge in [-0.05, 0) is 0 Å². The molecule has 0 bridgehead atoms. The van der Waals surface area contributed by atoms with E-state index in [1.807, 2.05) is 0 Å². The highest BCUT2D eigenvalue weighted by Gasteiger charge is 2.02. The van der Waals surface area contributed by atoms with Crippen LogP contribution in [-0.4, -0.2) is 6.40 Å². The van der Waals surface area contributed by atoms with Crippen molar-refractivity contribution in [2.75, 3.05) is 0 Å². The number of nitrogens with zero attached hydrogens (tertiary/aromatic N) is 1. The maximum absolute atomic E-state index is 4.67. The van der Waals surface area contributed by atoms with Gasteiger partial charge in [0, 0.05) is 6.92 Å². The molecule has 0 aliphatic carbocycles. The summed E-state index contributed by atoms with van der Waals surface area (Å²) in [4.78, 5) is 0. The normalized spacial score (nSPS) is 20.2. The first-order valence-electron chi connectivity index (χ1n) is 1.67. The molecule has 0 aromatic heterocycles. The number of rotatable bonds is 0. The van der Waals surface area contributed by atoms with Gasteiger partial charge in [0.15, 0.2) is 6.40 Å². The Morgan fingerprint density at radius 3 is 3.00 bits per heavy atom. The van der Waals surface area contributed by atoms with Gasteiger partial charge in [-0.1, -0.05) is 0 Å². The van der Waals surface area contributed by atoms with Gasteiger partial charge in [-0.2, -0.15) is 0 Å². The van der Waals surface area contributed by atoms with Crippen LogP contribution in [-0.2, 0) is 4.74 Å². The minimum Gasteiger partial charge on any atom is -0.448 e. The van der Waals surface area contributed by atoms with Crippen LogP contribution in [0.3, 0.4) is 0 Å². The number of hydrogen-bond donors (Lipinski definition) is 1. The molecule has 1 heterocycles.